The number of nitro groups is 1. The molecule has 1 atom stereocenters. The Kier molecular flexibility index (Phi) is 5.26. The van der Waals surface area contributed by atoms with Crippen LogP contribution in [0.1, 0.15) is 6.92 Å². The summed E-state index contributed by atoms with van der Waals surface area (Å²) in [5.41, 5.74) is -0.261. The van der Waals surface area contributed by atoms with Crippen LogP contribution < -0.4 is 5.32 Å². The van der Waals surface area contributed by atoms with E-state index in [1.54, 1.807) is 4.90 Å². The summed E-state index contributed by atoms with van der Waals surface area (Å²) in [7, 11) is -3.82. The van der Waals surface area contributed by atoms with E-state index in [-0.39, 0.29) is 35.5 Å². The molecule has 0 saturated carbocycles. The first kappa shape index (κ1) is 18.7. The van der Waals surface area contributed by atoms with Crippen molar-refractivity contribution in [2.24, 2.45) is 11.8 Å². The minimum absolute atomic E-state index is 0.0592. The van der Waals surface area contributed by atoms with E-state index in [2.05, 4.69) is 5.32 Å². The lowest BCUT2D eigenvalue weighted by Crippen LogP contribution is -2.55. The monoisotopic (exact) mass is 382 g/mol. The number of rotatable bonds is 5. The van der Waals surface area contributed by atoms with Crippen LogP contribution in [0.15, 0.2) is 29.2 Å². The number of carbonyl (C=O) groups is 1. The zero-order valence-corrected chi connectivity index (χ0v) is 15.3. The highest BCUT2D eigenvalue weighted by Gasteiger charge is 2.35. The number of carbonyl (C=O) groups excluding carboxylic acids is 1. The van der Waals surface area contributed by atoms with Crippen molar-refractivity contribution in [1.82, 2.24) is 14.5 Å². The molecule has 3 rings (SSSR count). The molecular formula is C16H22N4O5S. The summed E-state index contributed by atoms with van der Waals surface area (Å²) in [5.74, 6) is 0.328. The maximum absolute atomic E-state index is 12.7. The molecule has 1 aromatic carbocycles. The number of benzene rings is 1. The molecule has 1 aromatic rings. The molecule has 2 fully saturated rings. The summed E-state index contributed by atoms with van der Waals surface area (Å²) in [4.78, 5) is 24.4. The standard InChI is InChI=1S/C16H22N4O5S/c1-12(13-10-17-11-13)16(21)18-5-7-19(8-6-18)26(24,25)15-4-2-3-14(9-15)20(22)23/h2-4,9,12-13,17H,5-8,10-11H2,1H3. The van der Waals surface area contributed by atoms with Crippen molar-refractivity contribution < 1.29 is 18.1 Å². The molecule has 2 saturated heterocycles. The molecule has 0 aliphatic carbocycles. The Balaban J connectivity index is 1.66. The molecule has 1 amide bonds. The molecule has 0 spiro atoms. The maximum atomic E-state index is 12.7. The fourth-order valence-electron chi connectivity index (χ4n) is 3.21. The zero-order chi connectivity index (χ0) is 18.9. The Morgan fingerprint density at radius 1 is 1.27 bits per heavy atom. The third-order valence-corrected chi connectivity index (χ3v) is 7.02. The molecule has 142 valence electrons. The second-order valence-corrected chi connectivity index (χ2v) is 8.63. The molecule has 10 heteroatoms. The first-order valence-electron chi connectivity index (χ1n) is 8.55. The molecule has 1 unspecified atom stereocenters. The van der Waals surface area contributed by atoms with Crippen molar-refractivity contribution in [2.75, 3.05) is 39.3 Å². The fraction of sp³-hybridized carbons (Fsp3) is 0.562. The quantitative estimate of drug-likeness (QED) is 0.578. The lowest BCUT2D eigenvalue weighted by molar-refractivity contribution is -0.385. The van der Waals surface area contributed by atoms with E-state index in [0.717, 1.165) is 19.2 Å². The summed E-state index contributed by atoms with van der Waals surface area (Å²) in [6, 6.07) is 5.04. The Bertz CT molecular complexity index is 801. The van der Waals surface area contributed by atoms with E-state index < -0.39 is 14.9 Å². The Hall–Kier alpha value is -2.04. The molecule has 2 aliphatic heterocycles. The van der Waals surface area contributed by atoms with Gasteiger partial charge in [-0.25, -0.2) is 8.42 Å². The Labute approximate surface area is 152 Å². The van der Waals surface area contributed by atoms with Crippen LogP contribution in [0.5, 0.6) is 0 Å². The van der Waals surface area contributed by atoms with Gasteiger partial charge in [0, 0.05) is 44.2 Å². The van der Waals surface area contributed by atoms with Gasteiger partial charge in [-0.15, -0.1) is 0 Å². The lowest BCUT2D eigenvalue weighted by Gasteiger charge is -2.38. The van der Waals surface area contributed by atoms with Gasteiger partial charge in [0.1, 0.15) is 0 Å². The number of hydrogen-bond donors (Lipinski definition) is 1. The normalized spacial score (nSPS) is 20.4. The van der Waals surface area contributed by atoms with Crippen molar-refractivity contribution in [1.29, 1.82) is 0 Å². The van der Waals surface area contributed by atoms with E-state index in [1.807, 2.05) is 6.92 Å². The average Bonchev–Trinajstić information content (AvgIpc) is 2.59. The Morgan fingerprint density at radius 2 is 1.92 bits per heavy atom. The molecule has 9 nitrogen and oxygen atoms in total. The number of amides is 1. The van der Waals surface area contributed by atoms with Gasteiger partial charge in [-0.2, -0.15) is 4.31 Å². The molecule has 1 N–H and O–H groups in total. The van der Waals surface area contributed by atoms with Crippen molar-refractivity contribution in [3.05, 3.63) is 34.4 Å². The van der Waals surface area contributed by atoms with Crippen LogP contribution in [0.2, 0.25) is 0 Å². The van der Waals surface area contributed by atoms with Gasteiger partial charge in [-0.05, 0) is 25.1 Å². The second kappa shape index (κ2) is 7.29. The topological polar surface area (TPSA) is 113 Å². The van der Waals surface area contributed by atoms with E-state index in [1.165, 1.54) is 22.5 Å². The molecule has 0 bridgehead atoms. The average molecular weight is 382 g/mol. The molecule has 0 radical (unpaired) electrons. The predicted molar refractivity (Wildman–Crippen MR) is 94.0 cm³/mol. The fourth-order valence-corrected chi connectivity index (χ4v) is 4.67. The van der Waals surface area contributed by atoms with Gasteiger partial charge in [0.05, 0.1) is 9.82 Å². The van der Waals surface area contributed by atoms with E-state index >= 15 is 0 Å². The second-order valence-electron chi connectivity index (χ2n) is 6.69. The molecule has 0 aromatic heterocycles. The number of nitrogens with one attached hydrogen (secondary N) is 1. The van der Waals surface area contributed by atoms with Crippen LogP contribution >= 0.6 is 0 Å². The summed E-state index contributed by atoms with van der Waals surface area (Å²) >= 11 is 0. The summed E-state index contributed by atoms with van der Waals surface area (Å²) < 4.78 is 26.7. The largest absolute Gasteiger partial charge is 0.340 e. The van der Waals surface area contributed by atoms with Gasteiger partial charge in [-0.3, -0.25) is 14.9 Å². The molecule has 2 heterocycles. The van der Waals surface area contributed by atoms with Crippen LogP contribution in [0.25, 0.3) is 0 Å². The highest BCUT2D eigenvalue weighted by molar-refractivity contribution is 7.89. The highest BCUT2D eigenvalue weighted by Crippen LogP contribution is 2.23. The van der Waals surface area contributed by atoms with Crippen LogP contribution in [0.3, 0.4) is 0 Å². The Morgan fingerprint density at radius 3 is 2.46 bits per heavy atom. The predicted octanol–water partition coefficient (Wildman–Crippen LogP) is 0.283. The maximum Gasteiger partial charge on any atom is 0.270 e. The van der Waals surface area contributed by atoms with E-state index in [0.29, 0.717) is 19.0 Å². The number of sulfonamides is 1. The SMILES string of the molecule is CC(C(=O)N1CCN(S(=O)(=O)c2cccc([N+](=O)[O-])c2)CC1)C1CNC1. The molecule has 26 heavy (non-hydrogen) atoms. The number of nitro benzene ring substituents is 1. The van der Waals surface area contributed by atoms with Gasteiger partial charge in [0.15, 0.2) is 0 Å². The zero-order valence-electron chi connectivity index (χ0n) is 14.5. The summed E-state index contributed by atoms with van der Waals surface area (Å²) in [5, 5.41) is 14.0. The van der Waals surface area contributed by atoms with Crippen LogP contribution in [0.4, 0.5) is 5.69 Å². The smallest absolute Gasteiger partial charge is 0.270 e. The molecular weight excluding hydrogens is 360 g/mol. The number of nitrogens with zero attached hydrogens (tertiary/aromatic N) is 3. The summed E-state index contributed by atoms with van der Waals surface area (Å²) in [6.45, 7) is 4.63. The number of hydrogen-bond acceptors (Lipinski definition) is 6. The van der Waals surface area contributed by atoms with Gasteiger partial charge >= 0.3 is 0 Å². The lowest BCUT2D eigenvalue weighted by atomic mass is 9.88. The van der Waals surface area contributed by atoms with Crippen molar-refractivity contribution in [3.63, 3.8) is 0 Å². The van der Waals surface area contributed by atoms with Crippen molar-refractivity contribution in [2.45, 2.75) is 11.8 Å². The highest BCUT2D eigenvalue weighted by atomic mass is 32.2. The minimum atomic E-state index is -3.82. The van der Waals surface area contributed by atoms with E-state index in [9.17, 15) is 23.3 Å². The van der Waals surface area contributed by atoms with Gasteiger partial charge in [-0.1, -0.05) is 13.0 Å². The van der Waals surface area contributed by atoms with Crippen molar-refractivity contribution in [3.8, 4) is 0 Å². The van der Waals surface area contributed by atoms with Crippen LogP contribution in [-0.4, -0.2) is 67.7 Å². The van der Waals surface area contributed by atoms with Crippen LogP contribution in [0, 0.1) is 22.0 Å². The number of non-ortho nitro benzene ring substituents is 1. The van der Waals surface area contributed by atoms with Gasteiger partial charge in [0.25, 0.3) is 5.69 Å². The third kappa shape index (κ3) is 3.57. The van der Waals surface area contributed by atoms with Crippen LogP contribution in [-0.2, 0) is 14.8 Å². The minimum Gasteiger partial charge on any atom is -0.340 e. The van der Waals surface area contributed by atoms with Crippen molar-refractivity contribution >= 4 is 21.6 Å². The number of piperazine rings is 1. The molecule has 2 aliphatic rings. The summed E-state index contributed by atoms with van der Waals surface area (Å²) in [6.07, 6.45) is 0. The first-order chi connectivity index (χ1) is 12.3. The first-order valence-corrected chi connectivity index (χ1v) is 9.99. The van der Waals surface area contributed by atoms with Gasteiger partial charge in [0.2, 0.25) is 15.9 Å². The third-order valence-electron chi connectivity index (χ3n) is 5.13. The van der Waals surface area contributed by atoms with Gasteiger partial charge < -0.3 is 10.2 Å². The van der Waals surface area contributed by atoms with E-state index in [4.69, 9.17) is 0 Å².